The summed E-state index contributed by atoms with van der Waals surface area (Å²) in [5.41, 5.74) is 3.61. The first-order chi connectivity index (χ1) is 9.22. The van der Waals surface area contributed by atoms with Crippen LogP contribution in [-0.2, 0) is 12.8 Å². The normalized spacial score (nSPS) is 17.7. The number of para-hydroxylation sites is 1. The fourth-order valence-corrected chi connectivity index (χ4v) is 3.03. The average molecular weight is 320 g/mol. The maximum atomic E-state index is 13.3. The molecule has 2 aromatic carbocycles. The van der Waals surface area contributed by atoms with E-state index in [1.807, 2.05) is 6.07 Å². The van der Waals surface area contributed by atoms with Crippen LogP contribution in [0.2, 0.25) is 0 Å². The number of fused-ring (bicyclic) bond motifs is 1. The molecule has 0 fully saturated rings. The predicted molar refractivity (Wildman–Crippen MR) is 80.0 cm³/mol. The van der Waals surface area contributed by atoms with E-state index in [9.17, 15) is 4.39 Å². The van der Waals surface area contributed by atoms with Crippen molar-refractivity contribution in [1.82, 2.24) is 0 Å². The van der Waals surface area contributed by atoms with Crippen molar-refractivity contribution in [2.24, 2.45) is 0 Å². The summed E-state index contributed by atoms with van der Waals surface area (Å²) in [4.78, 5) is 0. The molecule has 3 rings (SSSR count). The number of anilines is 1. The lowest BCUT2D eigenvalue weighted by molar-refractivity contribution is 0.608. The zero-order valence-corrected chi connectivity index (χ0v) is 12.1. The summed E-state index contributed by atoms with van der Waals surface area (Å²) >= 11 is 3.49. The van der Waals surface area contributed by atoms with Crippen LogP contribution in [0.4, 0.5) is 10.1 Å². The molecule has 3 heteroatoms. The van der Waals surface area contributed by atoms with Crippen LogP contribution in [0.5, 0.6) is 0 Å². The third kappa shape index (κ3) is 2.81. The van der Waals surface area contributed by atoms with Crippen LogP contribution in [0.1, 0.15) is 17.5 Å². The van der Waals surface area contributed by atoms with Gasteiger partial charge in [0.15, 0.2) is 0 Å². The second-order valence-electron chi connectivity index (χ2n) is 4.98. The Hall–Kier alpha value is -1.35. The van der Waals surface area contributed by atoms with E-state index in [4.69, 9.17) is 0 Å². The van der Waals surface area contributed by atoms with Gasteiger partial charge in [0, 0.05) is 16.2 Å². The van der Waals surface area contributed by atoms with Gasteiger partial charge in [0.05, 0.1) is 0 Å². The zero-order valence-electron chi connectivity index (χ0n) is 10.5. The SMILES string of the molecule is Fc1ccc(Br)c(CC2CCc3ccccc3N2)c1. The second-order valence-corrected chi connectivity index (χ2v) is 5.83. The molecule has 0 bridgehead atoms. The zero-order chi connectivity index (χ0) is 13.2. The van der Waals surface area contributed by atoms with Crippen molar-refractivity contribution in [2.45, 2.75) is 25.3 Å². The number of halogens is 2. The molecule has 0 saturated heterocycles. The van der Waals surface area contributed by atoms with Crippen molar-refractivity contribution in [1.29, 1.82) is 0 Å². The molecule has 0 radical (unpaired) electrons. The van der Waals surface area contributed by atoms with Gasteiger partial charge in [-0.1, -0.05) is 34.1 Å². The molecule has 1 atom stereocenters. The van der Waals surface area contributed by atoms with Crippen LogP contribution in [0.3, 0.4) is 0 Å². The first-order valence-corrected chi connectivity index (χ1v) is 7.30. The molecule has 98 valence electrons. The lowest BCUT2D eigenvalue weighted by Crippen LogP contribution is -2.27. The van der Waals surface area contributed by atoms with Gasteiger partial charge in [0.2, 0.25) is 0 Å². The monoisotopic (exact) mass is 319 g/mol. The van der Waals surface area contributed by atoms with Gasteiger partial charge < -0.3 is 5.32 Å². The Kier molecular flexibility index (Phi) is 3.56. The van der Waals surface area contributed by atoms with E-state index in [1.54, 1.807) is 12.1 Å². The van der Waals surface area contributed by atoms with Gasteiger partial charge in [-0.2, -0.15) is 0 Å². The molecular formula is C16H15BrFN. The Morgan fingerprint density at radius 3 is 2.95 bits per heavy atom. The summed E-state index contributed by atoms with van der Waals surface area (Å²) in [6.45, 7) is 0. The molecule has 1 heterocycles. The van der Waals surface area contributed by atoms with E-state index >= 15 is 0 Å². The summed E-state index contributed by atoms with van der Waals surface area (Å²) in [5.74, 6) is -0.172. The molecule has 0 aliphatic carbocycles. The van der Waals surface area contributed by atoms with Crippen LogP contribution < -0.4 is 5.32 Å². The fraction of sp³-hybridized carbons (Fsp3) is 0.250. The van der Waals surface area contributed by atoms with Gasteiger partial charge >= 0.3 is 0 Å². The minimum atomic E-state index is -0.172. The fourth-order valence-electron chi connectivity index (χ4n) is 2.62. The molecule has 2 aromatic rings. The van der Waals surface area contributed by atoms with Gasteiger partial charge in [-0.05, 0) is 54.7 Å². The van der Waals surface area contributed by atoms with Crippen molar-refractivity contribution in [3.63, 3.8) is 0 Å². The van der Waals surface area contributed by atoms with Gasteiger partial charge in [-0.15, -0.1) is 0 Å². The number of hydrogen-bond acceptors (Lipinski definition) is 1. The number of benzene rings is 2. The maximum Gasteiger partial charge on any atom is 0.123 e. The molecule has 0 spiro atoms. The quantitative estimate of drug-likeness (QED) is 0.855. The predicted octanol–water partition coefficient (Wildman–Crippen LogP) is 4.56. The van der Waals surface area contributed by atoms with Gasteiger partial charge in [0.25, 0.3) is 0 Å². The van der Waals surface area contributed by atoms with Crippen LogP contribution in [0.25, 0.3) is 0 Å². The summed E-state index contributed by atoms with van der Waals surface area (Å²) in [7, 11) is 0. The lowest BCUT2D eigenvalue weighted by atomic mass is 9.94. The molecule has 0 amide bonds. The van der Waals surface area contributed by atoms with E-state index in [1.165, 1.54) is 17.3 Å². The molecule has 0 saturated carbocycles. The standard InChI is InChI=1S/C16H15BrFN/c17-15-8-6-13(18)9-12(15)10-14-7-5-11-3-1-2-4-16(11)19-14/h1-4,6,8-9,14,19H,5,7,10H2. The highest BCUT2D eigenvalue weighted by Crippen LogP contribution is 2.27. The molecular weight excluding hydrogens is 305 g/mol. The average Bonchev–Trinajstić information content (AvgIpc) is 2.43. The minimum absolute atomic E-state index is 0.172. The van der Waals surface area contributed by atoms with E-state index in [0.29, 0.717) is 6.04 Å². The van der Waals surface area contributed by atoms with E-state index < -0.39 is 0 Å². The highest BCUT2D eigenvalue weighted by Gasteiger charge is 2.18. The highest BCUT2D eigenvalue weighted by molar-refractivity contribution is 9.10. The third-order valence-electron chi connectivity index (χ3n) is 3.61. The number of hydrogen-bond donors (Lipinski definition) is 1. The topological polar surface area (TPSA) is 12.0 Å². The second kappa shape index (κ2) is 5.33. The molecule has 19 heavy (non-hydrogen) atoms. The number of rotatable bonds is 2. The number of nitrogens with one attached hydrogen (secondary N) is 1. The third-order valence-corrected chi connectivity index (χ3v) is 4.39. The molecule has 1 aliphatic heterocycles. The van der Waals surface area contributed by atoms with Gasteiger partial charge in [-0.3, -0.25) is 0 Å². The first-order valence-electron chi connectivity index (χ1n) is 6.51. The van der Waals surface area contributed by atoms with Crippen molar-refractivity contribution in [3.8, 4) is 0 Å². The number of aryl methyl sites for hydroxylation is 1. The summed E-state index contributed by atoms with van der Waals surface area (Å²) in [6.07, 6.45) is 3.01. The highest BCUT2D eigenvalue weighted by atomic mass is 79.9. The minimum Gasteiger partial charge on any atom is -0.382 e. The Morgan fingerprint density at radius 2 is 2.05 bits per heavy atom. The van der Waals surface area contributed by atoms with Crippen molar-refractivity contribution < 1.29 is 4.39 Å². The lowest BCUT2D eigenvalue weighted by Gasteiger charge is -2.27. The van der Waals surface area contributed by atoms with Crippen LogP contribution >= 0.6 is 15.9 Å². The van der Waals surface area contributed by atoms with Crippen LogP contribution in [-0.4, -0.2) is 6.04 Å². The van der Waals surface area contributed by atoms with Gasteiger partial charge in [0.1, 0.15) is 5.82 Å². The van der Waals surface area contributed by atoms with Crippen LogP contribution in [0.15, 0.2) is 46.9 Å². The Labute approximate surface area is 121 Å². The maximum absolute atomic E-state index is 13.3. The van der Waals surface area contributed by atoms with E-state index in [2.05, 4.69) is 39.4 Å². The largest absolute Gasteiger partial charge is 0.382 e. The Bertz CT molecular complexity index is 597. The van der Waals surface area contributed by atoms with E-state index in [0.717, 1.165) is 29.3 Å². The van der Waals surface area contributed by atoms with Gasteiger partial charge in [-0.25, -0.2) is 4.39 Å². The summed E-state index contributed by atoms with van der Waals surface area (Å²) < 4.78 is 14.3. The van der Waals surface area contributed by atoms with Crippen molar-refractivity contribution >= 4 is 21.6 Å². The van der Waals surface area contributed by atoms with Crippen LogP contribution in [0, 0.1) is 5.82 Å². The Balaban J connectivity index is 1.77. The summed E-state index contributed by atoms with van der Waals surface area (Å²) in [5, 5.41) is 3.55. The molecule has 1 N–H and O–H groups in total. The summed E-state index contributed by atoms with van der Waals surface area (Å²) in [6, 6.07) is 13.6. The molecule has 0 aromatic heterocycles. The Morgan fingerprint density at radius 1 is 1.21 bits per heavy atom. The molecule has 1 nitrogen and oxygen atoms in total. The van der Waals surface area contributed by atoms with Crippen molar-refractivity contribution in [2.75, 3.05) is 5.32 Å². The molecule has 1 aliphatic rings. The smallest absolute Gasteiger partial charge is 0.123 e. The van der Waals surface area contributed by atoms with Crippen molar-refractivity contribution in [3.05, 3.63) is 63.9 Å². The first kappa shape index (κ1) is 12.7. The molecule has 1 unspecified atom stereocenters. The van der Waals surface area contributed by atoms with E-state index in [-0.39, 0.29) is 5.82 Å².